The van der Waals surface area contributed by atoms with Gasteiger partial charge in [0.25, 0.3) is 0 Å². The fourth-order valence-electron chi connectivity index (χ4n) is 3.28. The first-order valence-corrected chi connectivity index (χ1v) is 10.7. The van der Waals surface area contributed by atoms with Crippen LogP contribution in [0.4, 0.5) is 4.79 Å². The molecule has 1 N–H and O–H groups in total. The molecule has 1 amide bonds. The molecule has 3 rings (SSSR count). The van der Waals surface area contributed by atoms with E-state index in [1.54, 1.807) is 0 Å². The van der Waals surface area contributed by atoms with Crippen LogP contribution < -0.4 is 5.32 Å². The number of rotatable bonds is 6. The highest BCUT2D eigenvalue weighted by atomic mass is 16.7. The highest BCUT2D eigenvalue weighted by Crippen LogP contribution is 2.38. The number of amides is 1. The van der Waals surface area contributed by atoms with Gasteiger partial charge in [-0.15, -0.1) is 0 Å². The molecule has 0 spiro atoms. The summed E-state index contributed by atoms with van der Waals surface area (Å²) in [5.41, 5.74) is 4.31. The molecule has 0 radical (unpaired) electrons. The van der Waals surface area contributed by atoms with Crippen molar-refractivity contribution in [3.05, 3.63) is 76.3 Å². The van der Waals surface area contributed by atoms with Gasteiger partial charge >= 0.3 is 13.2 Å². The lowest BCUT2D eigenvalue weighted by Crippen LogP contribution is -2.41. The van der Waals surface area contributed by atoms with Crippen molar-refractivity contribution < 1.29 is 18.8 Å². The first kappa shape index (κ1) is 23.1. The van der Waals surface area contributed by atoms with Crippen LogP contribution >= 0.6 is 0 Å². The van der Waals surface area contributed by atoms with Crippen molar-refractivity contribution in [2.45, 2.75) is 59.4 Å². The van der Waals surface area contributed by atoms with Crippen LogP contribution in [0.15, 0.2) is 54.0 Å². The number of hydrogen-bond acceptors (Lipinski definition) is 4. The summed E-state index contributed by atoms with van der Waals surface area (Å²) in [6, 6.07) is 15.8. The first-order valence-electron chi connectivity index (χ1n) is 10.7. The Morgan fingerprint density at radius 3 is 2.29 bits per heavy atom. The standard InChI is InChI=1S/C25H32BNO4/c1-18-11-10-14-21(19(18)2)15-22(26-30-24(3,4)25(5,6)31-26)16-27-23(28)29-17-20-12-8-7-9-13-20/h7-15H,16-17H2,1-6H3,(H,27,28). The molecule has 1 heterocycles. The lowest BCUT2D eigenvalue weighted by molar-refractivity contribution is 0.00578. The van der Waals surface area contributed by atoms with Gasteiger partial charge in [0.1, 0.15) is 6.61 Å². The van der Waals surface area contributed by atoms with E-state index in [9.17, 15) is 4.79 Å². The Balaban J connectivity index is 1.75. The van der Waals surface area contributed by atoms with E-state index >= 15 is 0 Å². The van der Waals surface area contributed by atoms with Crippen molar-refractivity contribution in [3.63, 3.8) is 0 Å². The quantitative estimate of drug-likeness (QED) is 0.648. The monoisotopic (exact) mass is 421 g/mol. The van der Waals surface area contributed by atoms with Crippen molar-refractivity contribution in [2.75, 3.05) is 6.54 Å². The summed E-state index contributed by atoms with van der Waals surface area (Å²) in [7, 11) is -0.556. The van der Waals surface area contributed by atoms with E-state index in [0.717, 1.165) is 16.6 Å². The minimum Gasteiger partial charge on any atom is -0.445 e. The largest absolute Gasteiger partial charge is 0.492 e. The summed E-state index contributed by atoms with van der Waals surface area (Å²) in [5, 5.41) is 2.85. The van der Waals surface area contributed by atoms with Gasteiger partial charge in [-0.1, -0.05) is 54.6 Å². The van der Waals surface area contributed by atoms with Crippen LogP contribution in [0.1, 0.15) is 49.9 Å². The van der Waals surface area contributed by atoms with E-state index in [-0.39, 0.29) is 13.2 Å². The topological polar surface area (TPSA) is 56.8 Å². The Kier molecular flexibility index (Phi) is 6.92. The summed E-state index contributed by atoms with van der Waals surface area (Å²) < 4.78 is 17.9. The van der Waals surface area contributed by atoms with Crippen molar-refractivity contribution in [1.29, 1.82) is 0 Å². The SMILES string of the molecule is Cc1cccc(C=C(CNC(=O)OCc2ccccc2)B2OC(C)(C)C(C)(C)O2)c1C. The molecule has 31 heavy (non-hydrogen) atoms. The van der Waals surface area contributed by atoms with Crippen molar-refractivity contribution >= 4 is 19.3 Å². The molecule has 1 fully saturated rings. The third-order valence-corrected chi connectivity index (χ3v) is 6.19. The van der Waals surface area contributed by atoms with E-state index in [0.29, 0.717) is 0 Å². The fraction of sp³-hybridized carbons (Fsp3) is 0.400. The van der Waals surface area contributed by atoms with Gasteiger partial charge in [0.05, 0.1) is 11.2 Å². The number of ether oxygens (including phenoxy) is 1. The van der Waals surface area contributed by atoms with Gasteiger partial charge in [0, 0.05) is 6.54 Å². The molecule has 0 unspecified atom stereocenters. The number of hydrogen-bond donors (Lipinski definition) is 1. The lowest BCUT2D eigenvalue weighted by atomic mass is 9.76. The van der Waals surface area contributed by atoms with Gasteiger partial charge in [0.15, 0.2) is 0 Å². The van der Waals surface area contributed by atoms with Crippen molar-refractivity contribution in [1.82, 2.24) is 5.32 Å². The van der Waals surface area contributed by atoms with Crippen LogP contribution in [-0.4, -0.2) is 31.0 Å². The van der Waals surface area contributed by atoms with E-state index in [1.807, 2.05) is 70.2 Å². The summed E-state index contributed by atoms with van der Waals surface area (Å²) in [4.78, 5) is 12.3. The maximum atomic E-state index is 12.3. The van der Waals surface area contributed by atoms with Crippen LogP contribution in [0.25, 0.3) is 6.08 Å². The summed E-state index contributed by atoms with van der Waals surface area (Å²) in [6.07, 6.45) is 1.56. The zero-order valence-electron chi connectivity index (χ0n) is 19.3. The summed E-state index contributed by atoms with van der Waals surface area (Å²) >= 11 is 0. The van der Waals surface area contributed by atoms with Crippen LogP contribution in [0.2, 0.25) is 0 Å². The van der Waals surface area contributed by atoms with Gasteiger partial charge in [0.2, 0.25) is 0 Å². The average molecular weight is 421 g/mol. The predicted molar refractivity (Wildman–Crippen MR) is 125 cm³/mol. The molecule has 0 atom stereocenters. The van der Waals surface area contributed by atoms with Gasteiger partial charge < -0.3 is 19.4 Å². The molecular formula is C25H32BNO4. The second-order valence-electron chi connectivity index (χ2n) is 9.01. The second-order valence-corrected chi connectivity index (χ2v) is 9.01. The van der Waals surface area contributed by atoms with Gasteiger partial charge in [-0.2, -0.15) is 0 Å². The average Bonchev–Trinajstić information content (AvgIpc) is 2.94. The Labute approximate surface area is 185 Å². The fourth-order valence-corrected chi connectivity index (χ4v) is 3.28. The number of carbonyl (C=O) groups excluding carboxylic acids is 1. The first-order chi connectivity index (χ1) is 14.6. The maximum Gasteiger partial charge on any atom is 0.492 e. The highest BCUT2D eigenvalue weighted by Gasteiger charge is 2.52. The van der Waals surface area contributed by atoms with E-state index < -0.39 is 24.4 Å². The smallest absolute Gasteiger partial charge is 0.445 e. The van der Waals surface area contributed by atoms with Gasteiger partial charge in [-0.3, -0.25) is 0 Å². The molecule has 6 heteroatoms. The van der Waals surface area contributed by atoms with E-state index in [2.05, 4.69) is 31.3 Å². The Morgan fingerprint density at radius 1 is 1.00 bits per heavy atom. The molecule has 1 saturated heterocycles. The lowest BCUT2D eigenvalue weighted by Gasteiger charge is -2.32. The number of nitrogens with one attached hydrogen (secondary N) is 1. The van der Waals surface area contributed by atoms with Gasteiger partial charge in [-0.05, 0) is 69.3 Å². The number of carbonyl (C=O) groups is 1. The number of alkyl carbamates (subject to hydrolysis) is 1. The molecule has 164 valence electrons. The van der Waals surface area contributed by atoms with E-state index in [4.69, 9.17) is 14.0 Å². The predicted octanol–water partition coefficient (Wildman–Crippen LogP) is 5.24. The van der Waals surface area contributed by atoms with Crippen molar-refractivity contribution in [3.8, 4) is 0 Å². The van der Waals surface area contributed by atoms with E-state index in [1.165, 1.54) is 11.1 Å². The van der Waals surface area contributed by atoms with Crippen LogP contribution in [-0.2, 0) is 20.7 Å². The molecule has 0 aliphatic carbocycles. The molecular weight excluding hydrogens is 389 g/mol. The highest BCUT2D eigenvalue weighted by molar-refractivity contribution is 6.56. The molecule has 2 aromatic rings. The zero-order chi connectivity index (χ0) is 22.6. The minimum absolute atomic E-state index is 0.221. The molecule has 1 aliphatic rings. The minimum atomic E-state index is -0.556. The molecule has 0 bridgehead atoms. The normalized spacial score (nSPS) is 17.5. The van der Waals surface area contributed by atoms with Crippen LogP contribution in [0.3, 0.4) is 0 Å². The van der Waals surface area contributed by atoms with Crippen molar-refractivity contribution in [2.24, 2.45) is 0 Å². The maximum absolute atomic E-state index is 12.3. The van der Waals surface area contributed by atoms with Gasteiger partial charge in [-0.25, -0.2) is 4.79 Å². The third-order valence-electron chi connectivity index (χ3n) is 6.19. The number of aryl methyl sites for hydroxylation is 1. The molecule has 5 nitrogen and oxygen atoms in total. The third kappa shape index (κ3) is 5.57. The Morgan fingerprint density at radius 2 is 1.65 bits per heavy atom. The molecule has 1 aliphatic heterocycles. The summed E-state index contributed by atoms with van der Waals surface area (Å²) in [5.74, 6) is 0. The van der Waals surface area contributed by atoms with Crippen LogP contribution in [0.5, 0.6) is 0 Å². The molecule has 0 saturated carbocycles. The molecule has 0 aromatic heterocycles. The molecule has 2 aromatic carbocycles. The number of benzene rings is 2. The second kappa shape index (κ2) is 9.29. The van der Waals surface area contributed by atoms with Crippen LogP contribution in [0, 0.1) is 13.8 Å². The summed E-state index contributed by atoms with van der Waals surface area (Å²) in [6.45, 7) is 12.7. The zero-order valence-corrected chi connectivity index (χ0v) is 19.3. The Bertz CT molecular complexity index is 937. The Hall–Kier alpha value is -2.57.